The van der Waals surface area contributed by atoms with Gasteiger partial charge in [0.15, 0.2) is 12.4 Å². The van der Waals surface area contributed by atoms with E-state index in [1.807, 2.05) is 6.08 Å². The van der Waals surface area contributed by atoms with Gasteiger partial charge in [-0.15, -0.1) is 0 Å². The Hall–Kier alpha value is -3.38. The Morgan fingerprint density at radius 2 is 1.00 bits per heavy atom. The minimum absolute atomic E-state index is 0.187. The molecule has 1 rings (SSSR count). The predicted molar refractivity (Wildman–Crippen MR) is 228 cm³/mol. The van der Waals surface area contributed by atoms with Gasteiger partial charge in [0.05, 0.1) is 13.2 Å². The summed E-state index contributed by atoms with van der Waals surface area (Å²) in [5.74, 6) is -0.907. The van der Waals surface area contributed by atoms with Crippen molar-refractivity contribution in [3.63, 3.8) is 0 Å². The second kappa shape index (κ2) is 36.9. The summed E-state index contributed by atoms with van der Waals surface area (Å²) < 4.78 is 22.0. The minimum atomic E-state index is -1.61. The van der Waals surface area contributed by atoms with Crippen LogP contribution in [0.5, 0.6) is 0 Å². The molecule has 0 aromatic carbocycles. The summed E-state index contributed by atoms with van der Waals surface area (Å²) in [6, 6.07) is 0. The van der Waals surface area contributed by atoms with Crippen LogP contribution in [0, 0.1) is 0 Å². The van der Waals surface area contributed by atoms with Crippen LogP contribution < -0.4 is 0 Å². The van der Waals surface area contributed by atoms with Gasteiger partial charge in [0.2, 0.25) is 0 Å². The molecular weight excluding hydrogens is 725 g/mol. The highest BCUT2D eigenvalue weighted by Crippen LogP contribution is 2.22. The molecule has 0 bridgehead atoms. The van der Waals surface area contributed by atoms with Crippen LogP contribution in [0.25, 0.3) is 0 Å². The first kappa shape index (κ1) is 51.6. The van der Waals surface area contributed by atoms with Crippen molar-refractivity contribution < 1.29 is 49.0 Å². The van der Waals surface area contributed by atoms with Crippen molar-refractivity contribution in [2.24, 2.45) is 0 Å². The number of hydrogen-bond acceptors (Lipinski definition) is 10. The van der Waals surface area contributed by atoms with Gasteiger partial charge in [-0.25, -0.2) is 0 Å². The van der Waals surface area contributed by atoms with Gasteiger partial charge >= 0.3 is 11.9 Å². The molecule has 10 heteroatoms. The number of aliphatic hydroxyl groups excluding tert-OH is 4. The summed E-state index contributed by atoms with van der Waals surface area (Å²) in [7, 11) is 0. The fourth-order valence-electron chi connectivity index (χ4n) is 5.65. The second-order valence-electron chi connectivity index (χ2n) is 14.0. The van der Waals surface area contributed by atoms with E-state index in [2.05, 4.69) is 105 Å². The van der Waals surface area contributed by atoms with Gasteiger partial charge in [0, 0.05) is 12.8 Å². The molecule has 0 saturated carbocycles. The average molecular weight is 799 g/mol. The predicted octanol–water partition coefficient (Wildman–Crippen LogP) is 8.77. The van der Waals surface area contributed by atoms with Crippen LogP contribution in [-0.2, 0) is 28.5 Å². The lowest BCUT2D eigenvalue weighted by molar-refractivity contribution is -0.305. The van der Waals surface area contributed by atoms with E-state index >= 15 is 0 Å². The van der Waals surface area contributed by atoms with Crippen molar-refractivity contribution in [2.45, 2.75) is 166 Å². The van der Waals surface area contributed by atoms with Gasteiger partial charge in [-0.05, 0) is 83.5 Å². The van der Waals surface area contributed by atoms with Crippen molar-refractivity contribution in [2.75, 3.05) is 19.8 Å². The van der Waals surface area contributed by atoms with Crippen LogP contribution in [0.15, 0.2) is 97.2 Å². The zero-order valence-corrected chi connectivity index (χ0v) is 34.8. The van der Waals surface area contributed by atoms with E-state index in [1.54, 1.807) is 0 Å². The molecule has 1 aliphatic rings. The number of aliphatic hydroxyl groups is 4. The molecule has 6 atom stereocenters. The zero-order chi connectivity index (χ0) is 41.6. The van der Waals surface area contributed by atoms with Crippen LogP contribution in [0.4, 0.5) is 0 Å². The fraction of sp³-hybridized carbons (Fsp3) is 0.617. The molecule has 0 aromatic heterocycles. The Kier molecular flexibility index (Phi) is 33.5. The van der Waals surface area contributed by atoms with Crippen molar-refractivity contribution in [3.05, 3.63) is 97.2 Å². The summed E-state index contributed by atoms with van der Waals surface area (Å²) in [5.41, 5.74) is 0. The Morgan fingerprint density at radius 1 is 0.544 bits per heavy atom. The zero-order valence-electron chi connectivity index (χ0n) is 34.8. The van der Waals surface area contributed by atoms with Gasteiger partial charge in [-0.2, -0.15) is 0 Å². The third kappa shape index (κ3) is 28.6. The first-order chi connectivity index (χ1) is 27.8. The smallest absolute Gasteiger partial charge is 0.306 e. The van der Waals surface area contributed by atoms with Crippen molar-refractivity contribution in [3.8, 4) is 0 Å². The van der Waals surface area contributed by atoms with Crippen LogP contribution in [0.3, 0.4) is 0 Å². The number of esters is 2. The Labute approximate surface area is 343 Å². The standard InChI is InChI=1S/C47H74O10/c1-3-5-7-9-11-13-15-17-19-20-22-23-25-27-29-31-33-35-42(49)54-38-40(39-55-47-46(53)45(52)44(51)41(37-48)57-47)56-43(50)36-34-32-30-28-26-24-21-18-16-14-12-10-8-6-4-2/h5-8,11-14,17-19,21-23,27,29,40-41,44-48,51-53H,3-4,9-10,15-16,20,24-26,28,30-39H2,1-2H3/t40-,41-,44+,45+,46-,47?/m1/s1. The first-order valence-electron chi connectivity index (χ1n) is 21.3. The van der Waals surface area contributed by atoms with Crippen molar-refractivity contribution >= 4 is 11.9 Å². The molecule has 1 aliphatic heterocycles. The van der Waals surface area contributed by atoms with E-state index in [0.29, 0.717) is 19.3 Å². The molecule has 0 aromatic rings. The van der Waals surface area contributed by atoms with Gasteiger partial charge in [-0.3, -0.25) is 9.59 Å². The Bertz CT molecular complexity index is 1240. The quantitative estimate of drug-likeness (QED) is 0.0288. The van der Waals surface area contributed by atoms with Gasteiger partial charge in [0.25, 0.3) is 0 Å². The number of rotatable bonds is 33. The van der Waals surface area contributed by atoms with Crippen molar-refractivity contribution in [1.82, 2.24) is 0 Å². The molecule has 0 aliphatic carbocycles. The minimum Gasteiger partial charge on any atom is -0.462 e. The Morgan fingerprint density at radius 3 is 1.53 bits per heavy atom. The SMILES string of the molecule is CCC=CCC=CCC=CCC=CCC=CCCCC(=O)OC[C@H](COC1O[C@H](CO)[C@H](O)[C@H](O)[C@H]1O)OC(=O)CCCCCCCC=CCC=CCC=CCC. The third-order valence-corrected chi connectivity index (χ3v) is 8.96. The lowest BCUT2D eigenvalue weighted by atomic mass is 9.99. The van der Waals surface area contributed by atoms with Crippen molar-refractivity contribution in [1.29, 1.82) is 0 Å². The molecule has 322 valence electrons. The maximum absolute atomic E-state index is 12.7. The highest BCUT2D eigenvalue weighted by atomic mass is 16.7. The number of unbranched alkanes of at least 4 members (excludes halogenated alkanes) is 6. The molecule has 0 amide bonds. The first-order valence-corrected chi connectivity index (χ1v) is 21.3. The number of ether oxygens (including phenoxy) is 4. The summed E-state index contributed by atoms with van der Waals surface area (Å²) in [4.78, 5) is 25.3. The van der Waals surface area contributed by atoms with E-state index < -0.39 is 55.4 Å². The highest BCUT2D eigenvalue weighted by Gasteiger charge is 2.44. The molecule has 0 spiro atoms. The normalized spacial score (nSPS) is 21.3. The summed E-state index contributed by atoms with van der Waals surface area (Å²) >= 11 is 0. The van der Waals surface area contributed by atoms with Crippen LogP contribution in [0.1, 0.15) is 129 Å². The molecule has 1 fully saturated rings. The monoisotopic (exact) mass is 799 g/mol. The molecule has 10 nitrogen and oxygen atoms in total. The molecule has 0 radical (unpaired) electrons. The fourth-order valence-corrected chi connectivity index (χ4v) is 5.65. The summed E-state index contributed by atoms with van der Waals surface area (Å²) in [5, 5.41) is 40.0. The van der Waals surface area contributed by atoms with Gasteiger partial charge in [0.1, 0.15) is 31.0 Å². The molecule has 1 unspecified atom stereocenters. The lowest BCUT2D eigenvalue weighted by Crippen LogP contribution is -2.59. The topological polar surface area (TPSA) is 152 Å². The second-order valence-corrected chi connectivity index (χ2v) is 14.0. The van der Waals surface area contributed by atoms with E-state index in [0.717, 1.165) is 83.5 Å². The van der Waals surface area contributed by atoms with E-state index in [9.17, 15) is 30.0 Å². The van der Waals surface area contributed by atoms with Crippen LogP contribution >= 0.6 is 0 Å². The number of carbonyl (C=O) groups is 2. The summed E-state index contributed by atoms with van der Waals surface area (Å²) in [6.07, 6.45) is 41.3. The summed E-state index contributed by atoms with van der Waals surface area (Å²) in [6.45, 7) is 3.09. The van der Waals surface area contributed by atoms with E-state index in [1.165, 1.54) is 0 Å². The van der Waals surface area contributed by atoms with Crippen LogP contribution in [0.2, 0.25) is 0 Å². The molecule has 1 heterocycles. The number of hydrogen-bond donors (Lipinski definition) is 4. The number of carbonyl (C=O) groups excluding carboxylic acids is 2. The highest BCUT2D eigenvalue weighted by molar-refractivity contribution is 5.70. The van der Waals surface area contributed by atoms with E-state index in [4.69, 9.17) is 18.9 Å². The van der Waals surface area contributed by atoms with Crippen LogP contribution in [-0.4, -0.2) is 89.0 Å². The Balaban J connectivity index is 2.42. The number of allylic oxidation sites excluding steroid dienone is 16. The largest absolute Gasteiger partial charge is 0.462 e. The van der Waals surface area contributed by atoms with E-state index in [-0.39, 0.29) is 26.1 Å². The third-order valence-electron chi connectivity index (χ3n) is 8.96. The maximum Gasteiger partial charge on any atom is 0.306 e. The average Bonchev–Trinajstić information content (AvgIpc) is 3.21. The molecular formula is C47H74O10. The maximum atomic E-state index is 12.7. The lowest BCUT2D eigenvalue weighted by Gasteiger charge is -2.39. The van der Waals surface area contributed by atoms with Gasteiger partial charge in [-0.1, -0.05) is 130 Å². The molecule has 4 N–H and O–H groups in total. The molecule has 1 saturated heterocycles. The molecule has 57 heavy (non-hydrogen) atoms. The van der Waals surface area contributed by atoms with Gasteiger partial charge < -0.3 is 39.4 Å².